The van der Waals surface area contributed by atoms with Crippen LogP contribution in [-0.2, 0) is 0 Å². The first kappa shape index (κ1) is 24.8. The highest BCUT2D eigenvalue weighted by Crippen LogP contribution is 2.39. The minimum Gasteiger partial charge on any atom is -0.436 e. The van der Waals surface area contributed by atoms with Crippen LogP contribution in [0.25, 0.3) is 65.3 Å². The van der Waals surface area contributed by atoms with Gasteiger partial charge in [0, 0.05) is 54.4 Å². The van der Waals surface area contributed by atoms with Crippen LogP contribution in [0.1, 0.15) is 0 Å². The Labute approximate surface area is 256 Å². The average Bonchev–Trinajstić information content (AvgIpc) is 3.80. The van der Waals surface area contributed by atoms with Gasteiger partial charge in [0.15, 0.2) is 11.2 Å². The molecule has 9 aromatic rings. The van der Waals surface area contributed by atoms with E-state index in [-0.39, 0.29) is 0 Å². The van der Waals surface area contributed by atoms with Gasteiger partial charge in [-0.2, -0.15) is 0 Å². The number of aromatic nitrogens is 2. The van der Waals surface area contributed by atoms with E-state index in [1.165, 1.54) is 20.2 Å². The highest BCUT2D eigenvalue weighted by Gasteiger charge is 2.17. The van der Waals surface area contributed by atoms with Crippen molar-refractivity contribution in [2.45, 2.75) is 0 Å². The number of nitrogens with zero attached hydrogens (tertiary/aromatic N) is 3. The number of rotatable bonds is 5. The van der Waals surface area contributed by atoms with Gasteiger partial charge in [0.1, 0.15) is 11.0 Å². The highest BCUT2D eigenvalue weighted by molar-refractivity contribution is 7.25. The molecule has 0 amide bonds. The molecule has 0 aliphatic heterocycles. The maximum Gasteiger partial charge on any atom is 0.227 e. The van der Waals surface area contributed by atoms with Crippen molar-refractivity contribution in [3.8, 4) is 22.9 Å². The Hall–Kier alpha value is -5.72. The first-order chi connectivity index (χ1) is 21.8. The number of anilines is 3. The molecule has 3 aromatic heterocycles. The predicted octanol–water partition coefficient (Wildman–Crippen LogP) is 11.1. The van der Waals surface area contributed by atoms with Crippen LogP contribution in [0, 0.1) is 0 Å². The Kier molecular flexibility index (Phi) is 5.61. The number of para-hydroxylation sites is 2. The molecule has 0 aliphatic rings. The molecule has 3 heterocycles. The molecule has 6 aromatic carbocycles. The third-order valence-corrected chi connectivity index (χ3v) is 9.07. The summed E-state index contributed by atoms with van der Waals surface area (Å²) in [4.78, 5) is 11.8. The molecule has 0 bridgehead atoms. The Morgan fingerprint density at radius 2 is 1.02 bits per heavy atom. The molecule has 0 radical (unpaired) electrons. The average molecular weight is 586 g/mol. The van der Waals surface area contributed by atoms with Crippen molar-refractivity contribution >= 4 is 70.8 Å². The molecule has 208 valence electrons. The van der Waals surface area contributed by atoms with Gasteiger partial charge in [0.25, 0.3) is 0 Å². The SMILES string of the molecule is c1ccc(N(c2ccccc2)c2ccc3nc(-c4ccc5nc(-c6ccc7sc8ccccc8c7c6)oc5c4)oc3c2)cc1. The summed E-state index contributed by atoms with van der Waals surface area (Å²) in [6.45, 7) is 0. The molecule has 0 aliphatic carbocycles. The molecule has 0 N–H and O–H groups in total. The van der Waals surface area contributed by atoms with Crippen LogP contribution in [0.4, 0.5) is 17.1 Å². The lowest BCUT2D eigenvalue weighted by molar-refractivity contribution is 0.614. The summed E-state index contributed by atoms with van der Waals surface area (Å²) in [5, 5.41) is 2.47. The molecule has 9 rings (SSSR count). The van der Waals surface area contributed by atoms with Crippen molar-refractivity contribution in [3.05, 3.63) is 140 Å². The molecule has 44 heavy (non-hydrogen) atoms. The molecule has 0 saturated heterocycles. The molecule has 0 fully saturated rings. The zero-order chi connectivity index (χ0) is 29.0. The van der Waals surface area contributed by atoms with Gasteiger partial charge >= 0.3 is 0 Å². The maximum absolute atomic E-state index is 6.34. The molecule has 0 spiro atoms. The fraction of sp³-hybridized carbons (Fsp3) is 0. The molecule has 5 nitrogen and oxygen atoms in total. The molecule has 0 saturated carbocycles. The van der Waals surface area contributed by atoms with Gasteiger partial charge in [-0.1, -0.05) is 54.6 Å². The van der Waals surface area contributed by atoms with Crippen molar-refractivity contribution in [3.63, 3.8) is 0 Å². The lowest BCUT2D eigenvalue weighted by Crippen LogP contribution is -2.09. The summed E-state index contributed by atoms with van der Waals surface area (Å²) >= 11 is 1.80. The van der Waals surface area contributed by atoms with Crippen LogP contribution in [0.5, 0.6) is 0 Å². The number of thiophene rings is 1. The van der Waals surface area contributed by atoms with Gasteiger partial charge in [-0.05, 0) is 78.9 Å². The van der Waals surface area contributed by atoms with E-state index < -0.39 is 0 Å². The van der Waals surface area contributed by atoms with E-state index >= 15 is 0 Å². The van der Waals surface area contributed by atoms with Crippen LogP contribution >= 0.6 is 11.3 Å². The number of oxazole rings is 2. The predicted molar refractivity (Wildman–Crippen MR) is 180 cm³/mol. The summed E-state index contributed by atoms with van der Waals surface area (Å²) in [5.41, 5.74) is 7.89. The van der Waals surface area contributed by atoms with Crippen LogP contribution < -0.4 is 4.90 Å². The fourth-order valence-corrected chi connectivity index (χ4v) is 6.90. The summed E-state index contributed by atoms with van der Waals surface area (Å²) in [5.74, 6) is 1.13. The Balaban J connectivity index is 1.08. The van der Waals surface area contributed by atoms with Gasteiger partial charge < -0.3 is 13.7 Å². The molecule has 6 heteroatoms. The maximum atomic E-state index is 6.34. The summed E-state index contributed by atoms with van der Waals surface area (Å²) in [7, 11) is 0. The van der Waals surface area contributed by atoms with Crippen molar-refractivity contribution in [1.29, 1.82) is 0 Å². The van der Waals surface area contributed by atoms with E-state index in [0.717, 1.165) is 39.2 Å². The Bertz CT molecular complexity index is 2420. The van der Waals surface area contributed by atoms with Gasteiger partial charge in [-0.3, -0.25) is 0 Å². The number of benzene rings is 6. The zero-order valence-corrected chi connectivity index (χ0v) is 24.2. The molecular formula is C38H23N3O2S. The van der Waals surface area contributed by atoms with Gasteiger partial charge in [0.2, 0.25) is 11.8 Å². The number of hydrogen-bond acceptors (Lipinski definition) is 6. The van der Waals surface area contributed by atoms with Gasteiger partial charge in [-0.25, -0.2) is 9.97 Å². The number of hydrogen-bond donors (Lipinski definition) is 0. The van der Waals surface area contributed by atoms with Crippen molar-refractivity contribution in [1.82, 2.24) is 9.97 Å². The Morgan fingerprint density at radius 3 is 1.75 bits per heavy atom. The van der Waals surface area contributed by atoms with Crippen LogP contribution in [0.3, 0.4) is 0 Å². The van der Waals surface area contributed by atoms with Crippen molar-refractivity contribution in [2.24, 2.45) is 0 Å². The minimum absolute atomic E-state index is 0.536. The minimum atomic E-state index is 0.536. The summed E-state index contributed by atoms with van der Waals surface area (Å²) < 4.78 is 15.2. The molecule has 0 unspecified atom stereocenters. The summed E-state index contributed by atoms with van der Waals surface area (Å²) in [6, 6.07) is 47.6. The second kappa shape index (κ2) is 9.93. The lowest BCUT2D eigenvalue weighted by Gasteiger charge is -2.25. The smallest absolute Gasteiger partial charge is 0.227 e. The fourth-order valence-electron chi connectivity index (χ4n) is 5.82. The summed E-state index contributed by atoms with van der Waals surface area (Å²) in [6.07, 6.45) is 0. The lowest BCUT2D eigenvalue weighted by atomic mass is 10.1. The Morgan fingerprint density at radius 1 is 0.455 bits per heavy atom. The largest absolute Gasteiger partial charge is 0.436 e. The number of fused-ring (bicyclic) bond motifs is 5. The van der Waals surface area contributed by atoms with Crippen LogP contribution in [0.15, 0.2) is 148 Å². The van der Waals surface area contributed by atoms with Crippen molar-refractivity contribution in [2.75, 3.05) is 4.90 Å². The van der Waals surface area contributed by atoms with Crippen LogP contribution in [-0.4, -0.2) is 9.97 Å². The van der Waals surface area contributed by atoms with Crippen LogP contribution in [0.2, 0.25) is 0 Å². The van der Waals surface area contributed by atoms with Gasteiger partial charge in [0.05, 0.1) is 0 Å². The normalized spacial score (nSPS) is 11.6. The van der Waals surface area contributed by atoms with Gasteiger partial charge in [-0.15, -0.1) is 11.3 Å². The first-order valence-corrected chi connectivity index (χ1v) is 15.2. The topological polar surface area (TPSA) is 55.3 Å². The third kappa shape index (κ3) is 4.15. The van der Waals surface area contributed by atoms with E-state index in [0.29, 0.717) is 22.9 Å². The third-order valence-electron chi connectivity index (χ3n) is 7.92. The molecule has 0 atom stereocenters. The monoisotopic (exact) mass is 585 g/mol. The second-order valence-corrected chi connectivity index (χ2v) is 11.8. The standard InChI is InChI=1S/C38H23N3O2S/c1-3-9-26(10-4-1)41(27-11-5-2-6-12-27)28-17-19-32-34(23-28)43-38(40-32)25-15-18-31-33(22-25)42-37(39-31)24-16-20-36-30(21-24)29-13-7-8-14-35(29)44-36/h1-23H. The van der Waals surface area contributed by atoms with Crippen molar-refractivity contribution < 1.29 is 8.83 Å². The second-order valence-electron chi connectivity index (χ2n) is 10.7. The van der Waals surface area contributed by atoms with E-state index in [1.807, 2.05) is 66.7 Å². The molecular weight excluding hydrogens is 563 g/mol. The van der Waals surface area contributed by atoms with E-state index in [9.17, 15) is 0 Å². The van der Waals surface area contributed by atoms with E-state index in [4.69, 9.17) is 18.8 Å². The zero-order valence-electron chi connectivity index (χ0n) is 23.3. The quantitative estimate of drug-likeness (QED) is 0.201. The first-order valence-electron chi connectivity index (χ1n) is 14.4. The van der Waals surface area contributed by atoms with E-state index in [2.05, 4.69) is 77.7 Å². The van der Waals surface area contributed by atoms with E-state index in [1.54, 1.807) is 11.3 Å². The highest BCUT2D eigenvalue weighted by atomic mass is 32.1.